The molecule has 2 aromatic rings. The molecule has 1 N–H and O–H groups in total. The van der Waals surface area contributed by atoms with E-state index in [9.17, 15) is 9.90 Å². The fourth-order valence-corrected chi connectivity index (χ4v) is 2.58. The predicted octanol–water partition coefficient (Wildman–Crippen LogP) is 3.64. The van der Waals surface area contributed by atoms with Gasteiger partial charge in [-0.3, -0.25) is 9.69 Å². The first-order valence-corrected chi connectivity index (χ1v) is 7.09. The molecule has 0 saturated carbocycles. The highest BCUT2D eigenvalue weighted by atomic mass is 16.4. The first kappa shape index (κ1) is 15.3. The second-order valence-corrected chi connectivity index (χ2v) is 5.43. The van der Waals surface area contributed by atoms with E-state index < -0.39 is 5.97 Å². The van der Waals surface area contributed by atoms with Crippen LogP contribution in [0.4, 0.5) is 0 Å². The Morgan fingerprint density at radius 3 is 2.48 bits per heavy atom. The van der Waals surface area contributed by atoms with Gasteiger partial charge in [0.1, 0.15) is 0 Å². The van der Waals surface area contributed by atoms with E-state index in [1.54, 1.807) is 0 Å². The zero-order chi connectivity index (χ0) is 15.2. The molecule has 3 nitrogen and oxygen atoms in total. The van der Waals surface area contributed by atoms with Gasteiger partial charge in [-0.25, -0.2) is 0 Å². The number of benzene rings is 2. The molecule has 0 radical (unpaired) electrons. The molecule has 0 fully saturated rings. The molecule has 2 rings (SSSR count). The fourth-order valence-electron chi connectivity index (χ4n) is 2.58. The average Bonchev–Trinajstić information content (AvgIpc) is 2.45. The van der Waals surface area contributed by atoms with Gasteiger partial charge in [-0.15, -0.1) is 0 Å². The van der Waals surface area contributed by atoms with Gasteiger partial charge in [0.2, 0.25) is 0 Å². The summed E-state index contributed by atoms with van der Waals surface area (Å²) in [6.07, 6.45) is 0.104. The summed E-state index contributed by atoms with van der Waals surface area (Å²) in [5.41, 5.74) is 3.45. The van der Waals surface area contributed by atoms with Gasteiger partial charge in [0, 0.05) is 12.6 Å². The number of hydrogen-bond acceptors (Lipinski definition) is 2. The number of carboxylic acids is 1. The third kappa shape index (κ3) is 4.43. The van der Waals surface area contributed by atoms with Gasteiger partial charge in [0.05, 0.1) is 6.42 Å². The number of aryl methyl sites for hydroxylation is 1. The van der Waals surface area contributed by atoms with Crippen molar-refractivity contribution in [3.05, 3.63) is 71.3 Å². The molecule has 0 aliphatic rings. The maximum absolute atomic E-state index is 11.2. The second kappa shape index (κ2) is 7.04. The molecule has 0 amide bonds. The Hall–Kier alpha value is -2.13. The molecule has 0 saturated heterocycles. The van der Waals surface area contributed by atoms with Crippen LogP contribution in [0.5, 0.6) is 0 Å². The Bertz CT molecular complexity index is 595. The van der Waals surface area contributed by atoms with Gasteiger partial charge in [-0.05, 0) is 25.1 Å². The van der Waals surface area contributed by atoms with Crippen LogP contribution in [0, 0.1) is 6.92 Å². The Morgan fingerprint density at radius 1 is 1.14 bits per heavy atom. The Labute approximate surface area is 125 Å². The topological polar surface area (TPSA) is 40.5 Å². The van der Waals surface area contributed by atoms with Crippen molar-refractivity contribution in [3.8, 4) is 0 Å². The highest BCUT2D eigenvalue weighted by molar-refractivity contribution is 5.67. The average molecular weight is 283 g/mol. The minimum Gasteiger partial charge on any atom is -0.481 e. The standard InChI is InChI=1S/C18H21NO2/c1-14-7-6-8-15(11-14)13-19(2)17(12-18(20)21)16-9-4-3-5-10-16/h3-11,17H,12-13H2,1-2H3,(H,20,21). The molecule has 3 heteroatoms. The van der Waals surface area contributed by atoms with Crippen LogP contribution >= 0.6 is 0 Å². The minimum absolute atomic E-state index is 0.104. The van der Waals surface area contributed by atoms with Crippen LogP contribution < -0.4 is 0 Å². The second-order valence-electron chi connectivity index (χ2n) is 5.43. The molecular formula is C18H21NO2. The molecule has 2 aromatic carbocycles. The molecule has 0 heterocycles. The van der Waals surface area contributed by atoms with Crippen LogP contribution in [-0.4, -0.2) is 23.0 Å². The number of rotatable bonds is 6. The van der Waals surface area contributed by atoms with E-state index >= 15 is 0 Å². The smallest absolute Gasteiger partial charge is 0.305 e. The maximum Gasteiger partial charge on any atom is 0.305 e. The number of carbonyl (C=O) groups is 1. The fraction of sp³-hybridized carbons (Fsp3) is 0.278. The van der Waals surface area contributed by atoms with Gasteiger partial charge >= 0.3 is 5.97 Å². The molecule has 0 bridgehead atoms. The van der Waals surface area contributed by atoms with E-state index in [4.69, 9.17) is 0 Å². The summed E-state index contributed by atoms with van der Waals surface area (Å²) in [6, 6.07) is 18.0. The summed E-state index contributed by atoms with van der Waals surface area (Å²) >= 11 is 0. The molecule has 1 unspecified atom stereocenters. The molecule has 110 valence electrons. The Balaban J connectivity index is 2.18. The molecule has 0 spiro atoms. The van der Waals surface area contributed by atoms with Gasteiger partial charge in [0.15, 0.2) is 0 Å². The van der Waals surface area contributed by atoms with Crippen molar-refractivity contribution < 1.29 is 9.90 Å². The number of hydrogen-bond donors (Lipinski definition) is 1. The van der Waals surface area contributed by atoms with E-state index in [0.29, 0.717) is 0 Å². The molecule has 0 aromatic heterocycles. The molecular weight excluding hydrogens is 262 g/mol. The maximum atomic E-state index is 11.2. The summed E-state index contributed by atoms with van der Waals surface area (Å²) in [6.45, 7) is 2.80. The lowest BCUT2D eigenvalue weighted by atomic mass is 10.0. The highest BCUT2D eigenvalue weighted by Gasteiger charge is 2.20. The third-order valence-corrected chi connectivity index (χ3v) is 3.60. The van der Waals surface area contributed by atoms with E-state index in [0.717, 1.165) is 12.1 Å². The van der Waals surface area contributed by atoms with Gasteiger partial charge in [0.25, 0.3) is 0 Å². The third-order valence-electron chi connectivity index (χ3n) is 3.60. The summed E-state index contributed by atoms with van der Waals surface area (Å²) in [5, 5.41) is 9.18. The van der Waals surface area contributed by atoms with E-state index in [-0.39, 0.29) is 12.5 Å². The number of carboxylic acid groups (broad SMARTS) is 1. The van der Waals surface area contributed by atoms with Gasteiger partial charge in [-0.2, -0.15) is 0 Å². The minimum atomic E-state index is -0.778. The van der Waals surface area contributed by atoms with Crippen molar-refractivity contribution in [3.63, 3.8) is 0 Å². The van der Waals surface area contributed by atoms with Gasteiger partial charge < -0.3 is 5.11 Å². The van der Waals surface area contributed by atoms with Crippen molar-refractivity contribution >= 4 is 5.97 Å². The number of nitrogens with zero attached hydrogens (tertiary/aromatic N) is 1. The van der Waals surface area contributed by atoms with Crippen molar-refractivity contribution in [1.82, 2.24) is 4.90 Å². The Kier molecular flexibility index (Phi) is 5.12. The molecule has 1 atom stereocenters. The van der Waals surface area contributed by atoms with Crippen LogP contribution in [0.15, 0.2) is 54.6 Å². The van der Waals surface area contributed by atoms with Crippen molar-refractivity contribution in [1.29, 1.82) is 0 Å². The summed E-state index contributed by atoms with van der Waals surface area (Å²) in [4.78, 5) is 13.3. The molecule has 0 aliphatic heterocycles. The Morgan fingerprint density at radius 2 is 1.86 bits per heavy atom. The molecule has 21 heavy (non-hydrogen) atoms. The van der Waals surface area contributed by atoms with Crippen LogP contribution in [0.1, 0.15) is 29.2 Å². The lowest BCUT2D eigenvalue weighted by Gasteiger charge is -2.27. The largest absolute Gasteiger partial charge is 0.481 e. The molecule has 0 aliphatic carbocycles. The van der Waals surface area contributed by atoms with E-state index in [1.165, 1.54) is 11.1 Å². The van der Waals surface area contributed by atoms with Crippen molar-refractivity contribution in [2.24, 2.45) is 0 Å². The quantitative estimate of drug-likeness (QED) is 0.880. The SMILES string of the molecule is Cc1cccc(CN(C)C(CC(=O)O)c2ccccc2)c1. The lowest BCUT2D eigenvalue weighted by Crippen LogP contribution is -2.26. The van der Waals surface area contributed by atoms with E-state index in [1.807, 2.05) is 43.4 Å². The first-order chi connectivity index (χ1) is 10.1. The van der Waals surface area contributed by atoms with Gasteiger partial charge in [-0.1, -0.05) is 60.2 Å². The summed E-state index contributed by atoms with van der Waals surface area (Å²) in [7, 11) is 1.98. The van der Waals surface area contributed by atoms with Crippen LogP contribution in [-0.2, 0) is 11.3 Å². The summed E-state index contributed by atoms with van der Waals surface area (Å²) < 4.78 is 0. The summed E-state index contributed by atoms with van der Waals surface area (Å²) in [5.74, 6) is -0.778. The van der Waals surface area contributed by atoms with Crippen LogP contribution in [0.2, 0.25) is 0 Å². The van der Waals surface area contributed by atoms with Crippen molar-refractivity contribution in [2.75, 3.05) is 7.05 Å². The lowest BCUT2D eigenvalue weighted by molar-refractivity contribution is -0.138. The van der Waals surface area contributed by atoms with Crippen LogP contribution in [0.3, 0.4) is 0 Å². The zero-order valence-electron chi connectivity index (χ0n) is 12.5. The monoisotopic (exact) mass is 283 g/mol. The number of aliphatic carboxylic acids is 1. The normalized spacial score (nSPS) is 12.3. The first-order valence-electron chi connectivity index (χ1n) is 7.09. The van der Waals surface area contributed by atoms with Crippen molar-refractivity contribution in [2.45, 2.75) is 25.9 Å². The van der Waals surface area contributed by atoms with Crippen LogP contribution in [0.25, 0.3) is 0 Å². The highest BCUT2D eigenvalue weighted by Crippen LogP contribution is 2.24. The zero-order valence-corrected chi connectivity index (χ0v) is 12.5. The van der Waals surface area contributed by atoms with E-state index in [2.05, 4.69) is 30.0 Å². The predicted molar refractivity (Wildman–Crippen MR) is 84.1 cm³/mol.